The van der Waals surface area contributed by atoms with Crippen LogP contribution in [0.15, 0.2) is 67.4 Å². The number of fused-ring (bicyclic) bond motifs is 4. The molecule has 0 spiro atoms. The van der Waals surface area contributed by atoms with E-state index in [1.807, 2.05) is 18.3 Å². The molecule has 2 aromatic carbocycles. The largest absolute Gasteiger partial charge is 0.497 e. The second kappa shape index (κ2) is 11.2. The van der Waals surface area contributed by atoms with Gasteiger partial charge in [0, 0.05) is 47.5 Å². The molecule has 0 amide bonds. The Morgan fingerprint density at radius 2 is 1.69 bits per heavy atom. The third kappa shape index (κ3) is 4.95. The highest BCUT2D eigenvalue weighted by molar-refractivity contribution is 5.83. The molecule has 236 valence electrons. The number of carbonyl (C=O) groups excluding carboxylic acids is 1. The molecule has 6 heteroatoms. The van der Waals surface area contributed by atoms with Gasteiger partial charge in [-0.3, -0.25) is 9.78 Å². The predicted octanol–water partition coefficient (Wildman–Crippen LogP) is 7.66. The van der Waals surface area contributed by atoms with Crippen LogP contribution >= 0.6 is 0 Å². The molecule has 4 saturated carbocycles. The number of piperidine rings is 3. The fourth-order valence-electron chi connectivity index (χ4n) is 11.0. The molecule has 0 N–H and O–H groups in total. The second-order valence-corrected chi connectivity index (χ2v) is 15.2. The molecule has 5 atom stereocenters. The maximum Gasteiger partial charge on any atom is 0.312 e. The van der Waals surface area contributed by atoms with Crippen LogP contribution in [-0.4, -0.2) is 48.8 Å². The van der Waals surface area contributed by atoms with Gasteiger partial charge in [-0.15, -0.1) is 6.58 Å². The maximum atomic E-state index is 14.7. The van der Waals surface area contributed by atoms with Crippen LogP contribution in [-0.2, 0) is 16.1 Å². The van der Waals surface area contributed by atoms with Crippen molar-refractivity contribution in [3.63, 3.8) is 0 Å². The number of hydrogen-bond acceptors (Lipinski definition) is 5. The number of carbonyl (C=O) groups is 1. The Balaban J connectivity index is 1.22. The van der Waals surface area contributed by atoms with Crippen molar-refractivity contribution in [2.45, 2.75) is 70.1 Å². The van der Waals surface area contributed by atoms with Gasteiger partial charge in [0.2, 0.25) is 0 Å². The number of para-hydroxylation sites is 1. The summed E-state index contributed by atoms with van der Waals surface area (Å²) in [6.07, 6.45) is 12.9. The molecule has 0 radical (unpaired) electrons. The molecular weight excluding hydrogens is 560 g/mol. The van der Waals surface area contributed by atoms with Gasteiger partial charge < -0.3 is 18.7 Å². The molecule has 10 rings (SSSR count). The van der Waals surface area contributed by atoms with E-state index in [-0.39, 0.29) is 23.5 Å². The highest BCUT2D eigenvalue weighted by Gasteiger charge is 2.59. The molecule has 6 nitrogen and oxygen atoms in total. The average molecular weight is 608 g/mol. The average Bonchev–Trinajstić information content (AvgIpc) is 3.06. The summed E-state index contributed by atoms with van der Waals surface area (Å²) in [5.41, 5.74) is 2.93. The Hall–Kier alpha value is -3.38. The van der Waals surface area contributed by atoms with Crippen molar-refractivity contribution in [1.29, 1.82) is 0 Å². The number of benzene rings is 2. The van der Waals surface area contributed by atoms with E-state index in [1.165, 1.54) is 24.8 Å². The summed E-state index contributed by atoms with van der Waals surface area (Å²) in [7, 11) is 3.42. The van der Waals surface area contributed by atoms with E-state index in [9.17, 15) is 4.79 Å². The van der Waals surface area contributed by atoms with Crippen molar-refractivity contribution in [3.05, 3.63) is 78.5 Å². The standard InChI is InChI=1S/C39H47N2O4/c1-4-29-24-41(23-28-16-31(43-2)19-32(17-28)44-3)12-10-30(29)18-36(41)37(34-9-11-40-35-8-6-5-7-33(34)35)45-38(42)39-20-25-13-26(21-39)15-27(14-25)22-39/h4-9,11,16-17,19,25-27,29-30,36-37H,1,10,12-15,18,20-24H2,2-3H3/q+1/t25?,26?,27?,29-,30-,36+,37-,39?,41+/m0/s1. The first kappa shape index (κ1) is 29.1. The van der Waals surface area contributed by atoms with E-state index >= 15 is 0 Å². The first-order valence-corrected chi connectivity index (χ1v) is 17.2. The minimum atomic E-state index is -0.348. The summed E-state index contributed by atoms with van der Waals surface area (Å²) in [4.78, 5) is 19.4. The minimum absolute atomic E-state index is 0.0663. The Kier molecular flexibility index (Phi) is 7.20. The van der Waals surface area contributed by atoms with Crippen LogP contribution in [0.2, 0.25) is 0 Å². The van der Waals surface area contributed by atoms with Gasteiger partial charge in [0.05, 0.1) is 38.2 Å². The first-order chi connectivity index (χ1) is 21.9. The zero-order chi connectivity index (χ0) is 30.8. The summed E-state index contributed by atoms with van der Waals surface area (Å²) < 4.78 is 19.3. The van der Waals surface area contributed by atoms with Gasteiger partial charge in [-0.05, 0) is 86.5 Å². The van der Waals surface area contributed by atoms with Crippen LogP contribution in [0.1, 0.15) is 68.6 Å². The van der Waals surface area contributed by atoms with E-state index in [2.05, 4.69) is 49.1 Å². The van der Waals surface area contributed by atoms with Crippen LogP contribution < -0.4 is 9.47 Å². The van der Waals surface area contributed by atoms with E-state index in [4.69, 9.17) is 19.2 Å². The highest BCUT2D eigenvalue weighted by Crippen LogP contribution is 2.61. The third-order valence-electron chi connectivity index (χ3n) is 12.6. The lowest BCUT2D eigenvalue weighted by molar-refractivity contribution is -0.984. The normalized spacial score (nSPS) is 35.2. The number of rotatable bonds is 9. The van der Waals surface area contributed by atoms with Crippen molar-refractivity contribution >= 4 is 16.9 Å². The lowest BCUT2D eigenvalue weighted by Gasteiger charge is -2.59. The van der Waals surface area contributed by atoms with Gasteiger partial charge in [0.25, 0.3) is 0 Å². The zero-order valence-electron chi connectivity index (χ0n) is 26.8. The minimum Gasteiger partial charge on any atom is -0.497 e. The van der Waals surface area contributed by atoms with Gasteiger partial charge >= 0.3 is 5.97 Å². The molecule has 0 unspecified atom stereocenters. The number of pyridine rings is 1. The smallest absolute Gasteiger partial charge is 0.312 e. The summed E-state index contributed by atoms with van der Waals surface area (Å²) >= 11 is 0. The molecular formula is C39H47N2O4+. The van der Waals surface area contributed by atoms with Gasteiger partial charge in [-0.1, -0.05) is 24.3 Å². The Bertz CT molecular complexity index is 1550. The van der Waals surface area contributed by atoms with Crippen LogP contribution in [0.3, 0.4) is 0 Å². The Labute approximate surface area is 267 Å². The van der Waals surface area contributed by atoms with Crippen molar-refractivity contribution in [2.24, 2.45) is 35.0 Å². The van der Waals surface area contributed by atoms with E-state index in [1.54, 1.807) is 14.2 Å². The molecule has 6 bridgehead atoms. The number of methoxy groups -OCH3 is 2. The Morgan fingerprint density at radius 1 is 1.00 bits per heavy atom. The number of quaternary nitrogens is 1. The molecule has 7 aliphatic rings. The van der Waals surface area contributed by atoms with Gasteiger partial charge in [0.1, 0.15) is 24.1 Å². The lowest BCUT2D eigenvalue weighted by atomic mass is 9.49. The Morgan fingerprint density at radius 3 is 2.36 bits per heavy atom. The molecule has 45 heavy (non-hydrogen) atoms. The predicted molar refractivity (Wildman–Crippen MR) is 175 cm³/mol. The summed E-state index contributed by atoms with van der Waals surface area (Å²) in [6, 6.07) is 16.8. The van der Waals surface area contributed by atoms with Crippen LogP contribution in [0.5, 0.6) is 11.5 Å². The van der Waals surface area contributed by atoms with Crippen LogP contribution in [0.25, 0.3) is 10.9 Å². The van der Waals surface area contributed by atoms with Crippen LogP contribution in [0.4, 0.5) is 0 Å². The third-order valence-corrected chi connectivity index (χ3v) is 12.6. The highest BCUT2D eigenvalue weighted by atomic mass is 16.5. The van der Waals surface area contributed by atoms with Gasteiger partial charge in [-0.25, -0.2) is 0 Å². The number of aromatic nitrogens is 1. The quantitative estimate of drug-likeness (QED) is 0.142. The molecule has 4 heterocycles. The molecule has 4 aliphatic carbocycles. The summed E-state index contributed by atoms with van der Waals surface area (Å²) in [5.74, 6) is 4.72. The van der Waals surface area contributed by atoms with Crippen molar-refractivity contribution in [1.82, 2.24) is 4.98 Å². The number of esters is 1. The summed E-state index contributed by atoms with van der Waals surface area (Å²) in [6.45, 7) is 7.14. The van der Waals surface area contributed by atoms with E-state index < -0.39 is 0 Å². The first-order valence-electron chi connectivity index (χ1n) is 17.2. The topological polar surface area (TPSA) is 57.7 Å². The van der Waals surface area contributed by atoms with Crippen molar-refractivity contribution in [3.8, 4) is 11.5 Å². The fourth-order valence-corrected chi connectivity index (χ4v) is 11.0. The van der Waals surface area contributed by atoms with Gasteiger partial charge in [0.15, 0.2) is 6.10 Å². The van der Waals surface area contributed by atoms with Crippen LogP contribution in [0, 0.1) is 35.0 Å². The van der Waals surface area contributed by atoms with E-state index in [0.717, 1.165) is 84.2 Å². The van der Waals surface area contributed by atoms with E-state index in [0.29, 0.717) is 29.6 Å². The maximum absolute atomic E-state index is 14.7. The second-order valence-electron chi connectivity index (χ2n) is 15.2. The van der Waals surface area contributed by atoms with Gasteiger partial charge in [-0.2, -0.15) is 0 Å². The molecule has 7 fully saturated rings. The van der Waals surface area contributed by atoms with Crippen molar-refractivity contribution < 1.29 is 23.5 Å². The number of ether oxygens (including phenoxy) is 3. The number of nitrogens with zero attached hydrogens (tertiary/aromatic N) is 2. The molecule has 3 saturated heterocycles. The summed E-state index contributed by atoms with van der Waals surface area (Å²) in [5, 5.41) is 1.09. The fraction of sp³-hybridized carbons (Fsp3) is 0.538. The number of hydrogen-bond donors (Lipinski definition) is 0. The van der Waals surface area contributed by atoms with Crippen molar-refractivity contribution in [2.75, 3.05) is 27.3 Å². The zero-order valence-corrected chi connectivity index (χ0v) is 26.8. The lowest BCUT2D eigenvalue weighted by Crippen LogP contribution is -2.68. The monoisotopic (exact) mass is 607 g/mol. The molecule has 3 aliphatic heterocycles. The SMILES string of the molecule is C=C[C@H]1C[N@+]2(Cc3cc(OC)cc(OC)c3)CC[C@H]1C[C@@H]2[C@@H](OC(=O)C12CC3CC(CC(C3)C1)C2)c1ccnc2ccccc12. The molecule has 3 aromatic rings. The molecule has 1 aromatic heterocycles.